The minimum atomic E-state index is -0.183. The van der Waals surface area contributed by atoms with Crippen molar-refractivity contribution in [2.45, 2.75) is 26.8 Å². The highest BCUT2D eigenvalue weighted by atomic mass is 19.1. The number of nitrogens with zero attached hydrogens (tertiary/aromatic N) is 2. The van der Waals surface area contributed by atoms with Crippen LogP contribution in [-0.4, -0.2) is 9.97 Å². The molecule has 1 aromatic carbocycles. The molecule has 0 aliphatic carbocycles. The zero-order chi connectivity index (χ0) is 13.1. The Kier molecular flexibility index (Phi) is 3.55. The van der Waals surface area contributed by atoms with Gasteiger partial charge in [-0.2, -0.15) is 0 Å². The third kappa shape index (κ3) is 2.64. The maximum absolute atomic E-state index is 13.5. The monoisotopic (exact) mass is 245 g/mol. The van der Waals surface area contributed by atoms with Gasteiger partial charge in [-0.15, -0.1) is 0 Å². The molecule has 0 saturated heterocycles. The van der Waals surface area contributed by atoms with Crippen LogP contribution >= 0.6 is 0 Å². The molecule has 3 nitrogen and oxygen atoms in total. The Bertz CT molecular complexity index is 554. The highest BCUT2D eigenvalue weighted by Gasteiger charge is 2.09. The van der Waals surface area contributed by atoms with E-state index < -0.39 is 0 Å². The van der Waals surface area contributed by atoms with E-state index >= 15 is 0 Å². The van der Waals surface area contributed by atoms with Gasteiger partial charge in [-0.25, -0.2) is 9.37 Å². The number of hydrogen-bond acceptors (Lipinski definition) is 3. The third-order valence-electron chi connectivity index (χ3n) is 2.93. The topological polar surface area (TPSA) is 37.8 Å². The second-order valence-electron chi connectivity index (χ2n) is 4.37. The molecule has 1 heterocycles. The van der Waals surface area contributed by atoms with Gasteiger partial charge in [-0.05, 0) is 38.0 Å². The maximum atomic E-state index is 13.5. The lowest BCUT2D eigenvalue weighted by Gasteiger charge is -2.16. The Morgan fingerprint density at radius 1 is 1.17 bits per heavy atom. The van der Waals surface area contributed by atoms with E-state index in [-0.39, 0.29) is 11.9 Å². The van der Waals surface area contributed by atoms with Crippen LogP contribution in [0.2, 0.25) is 0 Å². The van der Waals surface area contributed by atoms with Crippen molar-refractivity contribution in [1.29, 1.82) is 0 Å². The number of anilines is 1. The van der Waals surface area contributed by atoms with Gasteiger partial charge >= 0.3 is 0 Å². The summed E-state index contributed by atoms with van der Waals surface area (Å²) < 4.78 is 13.5. The number of rotatable bonds is 3. The minimum absolute atomic E-state index is 0.0181. The van der Waals surface area contributed by atoms with Crippen molar-refractivity contribution >= 4 is 5.82 Å². The normalized spacial score (nSPS) is 12.2. The van der Waals surface area contributed by atoms with E-state index in [9.17, 15) is 4.39 Å². The van der Waals surface area contributed by atoms with Gasteiger partial charge in [0.25, 0.3) is 0 Å². The molecule has 2 aromatic rings. The van der Waals surface area contributed by atoms with Crippen LogP contribution in [0.5, 0.6) is 0 Å². The lowest BCUT2D eigenvalue weighted by Crippen LogP contribution is -2.10. The fourth-order valence-corrected chi connectivity index (χ4v) is 1.72. The van der Waals surface area contributed by atoms with Gasteiger partial charge in [0.2, 0.25) is 0 Å². The number of nitrogens with one attached hydrogen (secondary N) is 1. The fourth-order valence-electron chi connectivity index (χ4n) is 1.72. The van der Waals surface area contributed by atoms with E-state index in [0.717, 1.165) is 17.1 Å². The molecule has 0 amide bonds. The molecule has 94 valence electrons. The van der Waals surface area contributed by atoms with Crippen LogP contribution in [0.1, 0.15) is 29.8 Å². The van der Waals surface area contributed by atoms with Gasteiger partial charge < -0.3 is 5.32 Å². The molecular formula is C14H16FN3. The first kappa shape index (κ1) is 12.5. The molecule has 18 heavy (non-hydrogen) atoms. The van der Waals surface area contributed by atoms with Crippen molar-refractivity contribution in [3.05, 3.63) is 53.2 Å². The van der Waals surface area contributed by atoms with Crippen molar-refractivity contribution in [2.24, 2.45) is 0 Å². The van der Waals surface area contributed by atoms with Gasteiger partial charge in [0.1, 0.15) is 11.6 Å². The lowest BCUT2D eigenvalue weighted by molar-refractivity contribution is 0.614. The highest BCUT2D eigenvalue weighted by molar-refractivity contribution is 5.41. The molecule has 0 aliphatic rings. The predicted molar refractivity (Wildman–Crippen MR) is 69.9 cm³/mol. The predicted octanol–water partition coefficient (Wildman–Crippen LogP) is 3.41. The summed E-state index contributed by atoms with van der Waals surface area (Å²) in [5.41, 5.74) is 2.38. The second-order valence-corrected chi connectivity index (χ2v) is 4.37. The Balaban J connectivity index is 2.19. The maximum Gasteiger partial charge on any atom is 0.147 e. The Hall–Kier alpha value is -1.97. The number of halogens is 1. The van der Waals surface area contributed by atoms with Gasteiger partial charge in [0.15, 0.2) is 0 Å². The first-order valence-electron chi connectivity index (χ1n) is 5.88. The molecule has 0 bridgehead atoms. The van der Waals surface area contributed by atoms with E-state index in [1.54, 1.807) is 31.5 Å². The van der Waals surface area contributed by atoms with Crippen molar-refractivity contribution in [3.8, 4) is 0 Å². The van der Waals surface area contributed by atoms with Gasteiger partial charge in [0.05, 0.1) is 11.7 Å². The summed E-state index contributed by atoms with van der Waals surface area (Å²) in [6.07, 6.45) is 3.29. The van der Waals surface area contributed by atoms with E-state index in [1.807, 2.05) is 19.9 Å². The number of aromatic nitrogens is 2. The van der Waals surface area contributed by atoms with Crippen molar-refractivity contribution in [2.75, 3.05) is 5.32 Å². The van der Waals surface area contributed by atoms with E-state index in [4.69, 9.17) is 0 Å². The van der Waals surface area contributed by atoms with Crippen molar-refractivity contribution < 1.29 is 4.39 Å². The van der Waals surface area contributed by atoms with Gasteiger partial charge in [0, 0.05) is 12.4 Å². The summed E-state index contributed by atoms with van der Waals surface area (Å²) in [5.74, 6) is 0.544. The standard InChI is InChI=1S/C14H16FN3/c1-9-4-5-12(8-13(9)15)10(2)18-14-11(3)16-6-7-17-14/h4-8,10H,1-3H3,(H,17,18). The van der Waals surface area contributed by atoms with Crippen LogP contribution in [-0.2, 0) is 0 Å². The molecule has 4 heteroatoms. The molecule has 2 rings (SSSR count). The van der Waals surface area contributed by atoms with Crippen molar-refractivity contribution in [3.63, 3.8) is 0 Å². The number of aryl methyl sites for hydroxylation is 2. The largest absolute Gasteiger partial charge is 0.362 e. The number of hydrogen-bond donors (Lipinski definition) is 1. The smallest absolute Gasteiger partial charge is 0.147 e. The van der Waals surface area contributed by atoms with E-state index in [1.165, 1.54) is 0 Å². The quantitative estimate of drug-likeness (QED) is 0.900. The van der Waals surface area contributed by atoms with E-state index in [2.05, 4.69) is 15.3 Å². The molecule has 1 N–H and O–H groups in total. The molecular weight excluding hydrogens is 229 g/mol. The zero-order valence-corrected chi connectivity index (χ0v) is 10.7. The van der Waals surface area contributed by atoms with Crippen LogP contribution in [0.4, 0.5) is 10.2 Å². The first-order chi connectivity index (χ1) is 8.58. The molecule has 0 spiro atoms. The van der Waals surface area contributed by atoms with Gasteiger partial charge in [-0.3, -0.25) is 4.98 Å². The molecule has 1 atom stereocenters. The van der Waals surface area contributed by atoms with E-state index in [0.29, 0.717) is 5.56 Å². The molecule has 0 aliphatic heterocycles. The second kappa shape index (κ2) is 5.12. The third-order valence-corrected chi connectivity index (χ3v) is 2.93. The van der Waals surface area contributed by atoms with Crippen LogP contribution in [0.25, 0.3) is 0 Å². The Morgan fingerprint density at radius 3 is 2.56 bits per heavy atom. The molecule has 1 aromatic heterocycles. The van der Waals surface area contributed by atoms with Gasteiger partial charge in [-0.1, -0.05) is 12.1 Å². The average Bonchev–Trinajstić information content (AvgIpc) is 2.35. The summed E-state index contributed by atoms with van der Waals surface area (Å²) in [7, 11) is 0. The summed E-state index contributed by atoms with van der Waals surface area (Å²) in [6.45, 7) is 5.61. The molecule has 0 radical (unpaired) electrons. The van der Waals surface area contributed by atoms with Crippen LogP contribution in [0.15, 0.2) is 30.6 Å². The average molecular weight is 245 g/mol. The van der Waals surface area contributed by atoms with Crippen LogP contribution in [0, 0.1) is 19.7 Å². The Morgan fingerprint density at radius 2 is 1.89 bits per heavy atom. The highest BCUT2D eigenvalue weighted by Crippen LogP contribution is 2.20. The zero-order valence-electron chi connectivity index (χ0n) is 10.7. The summed E-state index contributed by atoms with van der Waals surface area (Å²) >= 11 is 0. The summed E-state index contributed by atoms with van der Waals surface area (Å²) in [5, 5.41) is 3.23. The Labute approximate surface area is 106 Å². The fraction of sp³-hybridized carbons (Fsp3) is 0.286. The minimum Gasteiger partial charge on any atom is -0.362 e. The van der Waals surface area contributed by atoms with Crippen LogP contribution < -0.4 is 5.32 Å². The molecule has 0 fully saturated rings. The van der Waals surface area contributed by atoms with Crippen molar-refractivity contribution in [1.82, 2.24) is 9.97 Å². The molecule has 0 saturated carbocycles. The first-order valence-corrected chi connectivity index (χ1v) is 5.88. The molecule has 1 unspecified atom stereocenters. The SMILES string of the molecule is Cc1ccc(C(C)Nc2nccnc2C)cc1F. The lowest BCUT2D eigenvalue weighted by atomic mass is 10.1. The van der Waals surface area contributed by atoms with Crippen LogP contribution in [0.3, 0.4) is 0 Å². The summed E-state index contributed by atoms with van der Waals surface area (Å²) in [4.78, 5) is 8.37. The summed E-state index contributed by atoms with van der Waals surface area (Å²) in [6, 6.07) is 5.24. The number of benzene rings is 1.